The number of carbonyl (C=O) groups excluding carboxylic acids is 2. The first kappa shape index (κ1) is 23.5. The molecule has 0 radical (unpaired) electrons. The van der Waals surface area contributed by atoms with Crippen LogP contribution in [0.4, 0.5) is 4.79 Å². The molecule has 3 aliphatic rings. The lowest BCUT2D eigenvalue weighted by atomic mass is 9.90. The zero-order chi connectivity index (χ0) is 24.4. The molecule has 5 rings (SSSR count). The van der Waals surface area contributed by atoms with Crippen molar-refractivity contribution in [3.8, 4) is 0 Å². The van der Waals surface area contributed by atoms with Crippen molar-refractivity contribution in [2.75, 3.05) is 40.3 Å². The highest BCUT2D eigenvalue weighted by molar-refractivity contribution is 6.04. The second-order valence-electron chi connectivity index (χ2n) is 10.0. The summed E-state index contributed by atoms with van der Waals surface area (Å²) in [5.41, 5.74) is 2.65. The number of piperidine rings is 1. The van der Waals surface area contributed by atoms with Gasteiger partial charge in [-0.1, -0.05) is 60.7 Å². The van der Waals surface area contributed by atoms with Gasteiger partial charge in [-0.2, -0.15) is 0 Å². The standard InChI is InChI=1S/C28H35N5O2/c1-30-26-25(27(34)31(2)28(30)35)33(18-15-21-9-5-3-6-10-21)24(29-26)20-32-16-13-23(14-17-32)19-22-11-7-4-8-12-22/h3-12,23,25-26H,13-20H2,1-2H3. The average molecular weight is 474 g/mol. The van der Waals surface area contributed by atoms with Gasteiger partial charge in [0.15, 0.2) is 12.2 Å². The van der Waals surface area contributed by atoms with Gasteiger partial charge in [0, 0.05) is 20.6 Å². The SMILES string of the molecule is CN1C(=O)C2C(N=C(CN3CCC(Cc4ccccc4)CC3)N2CCc2ccccc2)N(C)C1=O. The highest BCUT2D eigenvalue weighted by Gasteiger charge is 2.50. The van der Waals surface area contributed by atoms with Crippen LogP contribution < -0.4 is 0 Å². The van der Waals surface area contributed by atoms with Crippen molar-refractivity contribution in [3.63, 3.8) is 0 Å². The maximum absolute atomic E-state index is 13.2. The molecule has 2 unspecified atom stereocenters. The number of imide groups is 1. The number of rotatable bonds is 7. The molecule has 2 aromatic carbocycles. The van der Waals surface area contributed by atoms with E-state index in [1.54, 1.807) is 19.0 Å². The van der Waals surface area contributed by atoms with Gasteiger partial charge in [-0.05, 0) is 55.8 Å². The molecule has 2 saturated heterocycles. The number of likely N-dealkylation sites (N-methyl/N-ethyl adjacent to an activating group) is 2. The molecule has 0 spiro atoms. The molecule has 7 nitrogen and oxygen atoms in total. The van der Waals surface area contributed by atoms with Crippen molar-refractivity contribution in [2.45, 2.75) is 37.9 Å². The van der Waals surface area contributed by atoms with Gasteiger partial charge in [-0.25, -0.2) is 9.79 Å². The number of carbonyl (C=O) groups is 2. The molecule has 3 amide bonds. The van der Waals surface area contributed by atoms with Crippen molar-refractivity contribution in [3.05, 3.63) is 71.8 Å². The maximum Gasteiger partial charge on any atom is 0.328 e. The van der Waals surface area contributed by atoms with Crippen LogP contribution in [0.1, 0.15) is 24.0 Å². The van der Waals surface area contributed by atoms with Gasteiger partial charge in [0.25, 0.3) is 5.91 Å². The van der Waals surface area contributed by atoms with E-state index < -0.39 is 12.2 Å². The lowest BCUT2D eigenvalue weighted by Gasteiger charge is -2.40. The monoisotopic (exact) mass is 473 g/mol. The second-order valence-corrected chi connectivity index (χ2v) is 10.0. The van der Waals surface area contributed by atoms with E-state index in [0.717, 1.165) is 38.3 Å². The van der Waals surface area contributed by atoms with Crippen molar-refractivity contribution in [1.82, 2.24) is 19.6 Å². The maximum atomic E-state index is 13.2. The number of amidine groups is 1. The number of urea groups is 1. The van der Waals surface area contributed by atoms with Crippen molar-refractivity contribution in [2.24, 2.45) is 10.9 Å². The highest BCUT2D eigenvalue weighted by atomic mass is 16.2. The van der Waals surface area contributed by atoms with E-state index in [1.165, 1.54) is 28.9 Å². The second kappa shape index (κ2) is 10.2. The Morgan fingerprint density at radius 2 is 1.51 bits per heavy atom. The lowest BCUT2D eigenvalue weighted by molar-refractivity contribution is -0.136. The number of nitrogens with zero attached hydrogens (tertiary/aromatic N) is 5. The summed E-state index contributed by atoms with van der Waals surface area (Å²) in [6.07, 6.45) is 3.85. The van der Waals surface area contributed by atoms with E-state index in [9.17, 15) is 9.59 Å². The molecular weight excluding hydrogens is 438 g/mol. The minimum absolute atomic E-state index is 0.161. The summed E-state index contributed by atoms with van der Waals surface area (Å²) < 4.78 is 0. The third-order valence-corrected chi connectivity index (χ3v) is 7.72. The van der Waals surface area contributed by atoms with Crippen molar-refractivity contribution >= 4 is 17.8 Å². The van der Waals surface area contributed by atoms with E-state index in [4.69, 9.17) is 4.99 Å². The van der Waals surface area contributed by atoms with E-state index in [0.29, 0.717) is 12.5 Å². The van der Waals surface area contributed by atoms with Crippen LogP contribution in [0.5, 0.6) is 0 Å². The number of likely N-dealkylation sites (tertiary alicyclic amines) is 1. The van der Waals surface area contributed by atoms with Gasteiger partial charge in [-0.3, -0.25) is 14.6 Å². The van der Waals surface area contributed by atoms with Crippen LogP contribution in [0, 0.1) is 5.92 Å². The molecule has 2 fully saturated rings. The Labute approximate surface area is 208 Å². The Balaban J connectivity index is 1.27. The molecular formula is C28H35N5O2. The topological polar surface area (TPSA) is 59.5 Å². The summed E-state index contributed by atoms with van der Waals surface area (Å²) in [6, 6.07) is 20.4. The number of hydrogen-bond acceptors (Lipinski definition) is 5. The lowest BCUT2D eigenvalue weighted by Crippen LogP contribution is -2.64. The first-order valence-electron chi connectivity index (χ1n) is 12.7. The fraction of sp³-hybridized carbons (Fsp3) is 0.464. The molecule has 184 valence electrons. The number of hydrogen-bond donors (Lipinski definition) is 0. The highest BCUT2D eigenvalue weighted by Crippen LogP contribution is 2.29. The van der Waals surface area contributed by atoms with Crippen LogP contribution in [0.25, 0.3) is 0 Å². The van der Waals surface area contributed by atoms with Gasteiger partial charge >= 0.3 is 6.03 Å². The van der Waals surface area contributed by atoms with Crippen LogP contribution in [0.3, 0.4) is 0 Å². The van der Waals surface area contributed by atoms with Crippen LogP contribution in [0.15, 0.2) is 65.7 Å². The summed E-state index contributed by atoms with van der Waals surface area (Å²) >= 11 is 0. The molecule has 3 aliphatic heterocycles. The fourth-order valence-electron chi connectivity index (χ4n) is 5.61. The van der Waals surface area contributed by atoms with Crippen molar-refractivity contribution in [1.29, 1.82) is 0 Å². The van der Waals surface area contributed by atoms with Gasteiger partial charge in [0.2, 0.25) is 0 Å². The van der Waals surface area contributed by atoms with Gasteiger partial charge in [0.1, 0.15) is 5.84 Å². The largest absolute Gasteiger partial charge is 0.343 e. The number of aliphatic imine (C=N–C) groups is 1. The van der Waals surface area contributed by atoms with Crippen LogP contribution in [-0.4, -0.2) is 89.9 Å². The Morgan fingerprint density at radius 3 is 2.17 bits per heavy atom. The summed E-state index contributed by atoms with van der Waals surface area (Å²) in [7, 11) is 3.32. The van der Waals surface area contributed by atoms with Crippen LogP contribution in [0.2, 0.25) is 0 Å². The molecule has 35 heavy (non-hydrogen) atoms. The molecule has 2 atom stereocenters. The Bertz CT molecular complexity index is 1070. The molecule has 2 aromatic rings. The fourth-order valence-corrected chi connectivity index (χ4v) is 5.61. The Kier molecular flexibility index (Phi) is 6.86. The van der Waals surface area contributed by atoms with Crippen LogP contribution >= 0.6 is 0 Å². The third-order valence-electron chi connectivity index (χ3n) is 7.72. The summed E-state index contributed by atoms with van der Waals surface area (Å²) in [5.74, 6) is 1.47. The number of benzene rings is 2. The van der Waals surface area contributed by atoms with Crippen LogP contribution in [-0.2, 0) is 17.6 Å². The molecule has 7 heteroatoms. The average Bonchev–Trinajstić information content (AvgIpc) is 3.25. The smallest absolute Gasteiger partial charge is 0.328 e. The molecule has 0 saturated carbocycles. The minimum atomic E-state index is -0.451. The predicted molar refractivity (Wildman–Crippen MR) is 137 cm³/mol. The first-order chi connectivity index (χ1) is 17.0. The van der Waals surface area contributed by atoms with E-state index >= 15 is 0 Å². The zero-order valence-electron chi connectivity index (χ0n) is 20.7. The summed E-state index contributed by atoms with van der Waals surface area (Å²) in [6.45, 7) is 3.48. The molecule has 3 heterocycles. The third kappa shape index (κ3) is 4.96. The first-order valence-corrected chi connectivity index (χ1v) is 12.7. The summed E-state index contributed by atoms with van der Waals surface area (Å²) in [5, 5.41) is 0. The van der Waals surface area contributed by atoms with E-state index in [-0.39, 0.29) is 11.9 Å². The summed E-state index contributed by atoms with van der Waals surface area (Å²) in [4.78, 5) is 38.2. The Hall–Kier alpha value is -3.19. The van der Waals surface area contributed by atoms with Gasteiger partial charge in [-0.15, -0.1) is 0 Å². The van der Waals surface area contributed by atoms with Gasteiger partial charge < -0.3 is 9.80 Å². The predicted octanol–water partition coefficient (Wildman–Crippen LogP) is 3.12. The Morgan fingerprint density at radius 1 is 0.886 bits per heavy atom. The zero-order valence-corrected chi connectivity index (χ0v) is 20.7. The van der Waals surface area contributed by atoms with E-state index in [2.05, 4.69) is 52.3 Å². The molecule has 0 bridgehead atoms. The molecule has 0 aliphatic carbocycles. The van der Waals surface area contributed by atoms with Gasteiger partial charge in [0.05, 0.1) is 6.54 Å². The van der Waals surface area contributed by atoms with Crippen molar-refractivity contribution < 1.29 is 9.59 Å². The number of fused-ring (bicyclic) bond motifs is 1. The minimum Gasteiger partial charge on any atom is -0.343 e. The normalized spacial score (nSPS) is 23.6. The quantitative estimate of drug-likeness (QED) is 0.620. The number of amides is 3. The molecule has 0 aromatic heterocycles. The van der Waals surface area contributed by atoms with E-state index in [1.807, 2.05) is 18.2 Å². The molecule has 0 N–H and O–H groups in total.